The first kappa shape index (κ1) is 35.9. The topological polar surface area (TPSA) is 32.6 Å². The Morgan fingerprint density at radius 3 is 1.63 bits per heavy atom. The molecule has 0 aliphatic rings. The Hall–Kier alpha value is -2.11. The van der Waals surface area contributed by atoms with Gasteiger partial charge in [0, 0.05) is 30.5 Å². The number of hydrogen-bond donors (Lipinski definition) is 0. The minimum atomic E-state index is 0. The summed E-state index contributed by atoms with van der Waals surface area (Å²) in [6.45, 7) is 12.3. The molecular formula is C32H48Cl2N2O2. The van der Waals surface area contributed by atoms with Crippen LogP contribution in [-0.2, 0) is 10.3 Å². The van der Waals surface area contributed by atoms with Crippen molar-refractivity contribution >= 4 is 0 Å². The Morgan fingerprint density at radius 1 is 0.684 bits per heavy atom. The van der Waals surface area contributed by atoms with Gasteiger partial charge in [0.2, 0.25) is 0 Å². The highest BCUT2D eigenvalue weighted by molar-refractivity contribution is 5.23. The van der Waals surface area contributed by atoms with Crippen LogP contribution in [0.3, 0.4) is 0 Å². The number of aromatic nitrogens is 1. The van der Waals surface area contributed by atoms with Crippen LogP contribution in [0.2, 0.25) is 0 Å². The summed E-state index contributed by atoms with van der Waals surface area (Å²) in [6, 6.07) is 26.9. The van der Waals surface area contributed by atoms with E-state index in [1.165, 1.54) is 18.4 Å². The van der Waals surface area contributed by atoms with Gasteiger partial charge in [-0.3, -0.25) is 0 Å². The first-order chi connectivity index (χ1) is 17.3. The molecule has 0 saturated carbocycles. The number of nitrogens with one attached hydrogen (secondary N) is 1. The van der Waals surface area contributed by atoms with E-state index in [1.54, 1.807) is 0 Å². The smallest absolute Gasteiger partial charge is 0.166 e. The maximum absolute atomic E-state index is 5.99. The Bertz CT molecular complexity index is 903. The van der Waals surface area contributed by atoms with Gasteiger partial charge < -0.3 is 38.8 Å². The lowest BCUT2D eigenvalue weighted by Gasteiger charge is -2.51. The minimum absolute atomic E-state index is 0. The highest BCUT2D eigenvalue weighted by Crippen LogP contribution is 2.43. The van der Waals surface area contributed by atoms with E-state index in [-0.39, 0.29) is 30.4 Å². The van der Waals surface area contributed by atoms with Crippen molar-refractivity contribution < 1.29 is 43.8 Å². The minimum Gasteiger partial charge on any atom is -1.00 e. The van der Waals surface area contributed by atoms with E-state index in [1.807, 2.05) is 60.9 Å². The molecule has 212 valence electrons. The molecule has 4 nitrogen and oxygen atoms in total. The number of halogens is 2. The second-order valence-corrected chi connectivity index (χ2v) is 10.9. The zero-order chi connectivity index (χ0) is 26.3. The molecule has 0 fully saturated rings. The lowest BCUT2D eigenvalue weighted by Crippen LogP contribution is -3.00. The quantitative estimate of drug-likeness (QED) is 0.226. The van der Waals surface area contributed by atoms with Crippen molar-refractivity contribution in [2.75, 3.05) is 40.5 Å². The number of para-hydroxylation sites is 1. The van der Waals surface area contributed by atoms with Crippen LogP contribution in [0, 0.1) is 11.8 Å². The largest absolute Gasteiger partial charge is 1.00 e. The highest BCUT2D eigenvalue weighted by Gasteiger charge is 2.47. The predicted octanol–water partition coefficient (Wildman–Crippen LogP) is 0.655. The first-order valence-electron chi connectivity index (χ1n) is 13.3. The van der Waals surface area contributed by atoms with Gasteiger partial charge in [-0.2, -0.15) is 0 Å². The number of rotatable bonds is 13. The van der Waals surface area contributed by atoms with Crippen LogP contribution in [-0.4, -0.2) is 44.9 Å². The molecule has 1 heterocycles. The fourth-order valence-corrected chi connectivity index (χ4v) is 4.95. The second kappa shape index (κ2) is 19.0. The predicted molar refractivity (Wildman–Crippen MR) is 150 cm³/mol. The standard InChI is InChI=1S/C27H42NO2.C5H5N.2ClH/c1-23(2)21-27(22-24(3)4,25-13-9-7-10-14-25)28(5,6)17-18-29-19-20-30-26-15-11-8-12-16-26;1-2-4-6-5-3-1;;/h7-16,23-24H,17-22H2,1-6H3;1-5H;2*1H/q+1;;;/p-1. The molecule has 0 unspecified atom stereocenters. The number of aromatic amines is 1. The van der Waals surface area contributed by atoms with Crippen molar-refractivity contribution in [3.63, 3.8) is 0 Å². The molecule has 0 spiro atoms. The number of pyridine rings is 1. The van der Waals surface area contributed by atoms with E-state index in [2.05, 4.69) is 77.1 Å². The molecule has 38 heavy (non-hydrogen) atoms. The van der Waals surface area contributed by atoms with Gasteiger partial charge in [0.25, 0.3) is 0 Å². The van der Waals surface area contributed by atoms with Crippen LogP contribution in [0.15, 0.2) is 91.3 Å². The van der Waals surface area contributed by atoms with Crippen molar-refractivity contribution in [2.45, 2.75) is 46.1 Å². The van der Waals surface area contributed by atoms with E-state index in [0.29, 0.717) is 25.0 Å². The van der Waals surface area contributed by atoms with Gasteiger partial charge in [0.05, 0.1) is 27.3 Å². The van der Waals surface area contributed by atoms with Gasteiger partial charge in [0.15, 0.2) is 12.4 Å². The third-order valence-corrected chi connectivity index (χ3v) is 6.60. The molecule has 2 aromatic carbocycles. The molecular weight excluding hydrogens is 515 g/mol. The van der Waals surface area contributed by atoms with Crippen LogP contribution < -0.4 is 34.5 Å². The third-order valence-electron chi connectivity index (χ3n) is 6.60. The van der Waals surface area contributed by atoms with Crippen molar-refractivity contribution in [1.29, 1.82) is 0 Å². The van der Waals surface area contributed by atoms with Gasteiger partial charge in [-0.1, -0.05) is 82.3 Å². The molecule has 0 aliphatic carbocycles. The molecule has 3 rings (SSSR count). The first-order valence-corrected chi connectivity index (χ1v) is 13.3. The molecule has 0 radical (unpaired) electrons. The lowest BCUT2D eigenvalue weighted by molar-refractivity contribution is -0.952. The number of H-pyrrole nitrogens is 1. The van der Waals surface area contributed by atoms with Crippen molar-refractivity contribution in [2.24, 2.45) is 11.8 Å². The number of ether oxygens (including phenoxy) is 2. The summed E-state index contributed by atoms with van der Waals surface area (Å²) in [5.41, 5.74) is 1.53. The van der Waals surface area contributed by atoms with E-state index in [9.17, 15) is 0 Å². The van der Waals surface area contributed by atoms with Crippen LogP contribution in [0.5, 0.6) is 5.75 Å². The molecule has 1 aromatic heterocycles. The van der Waals surface area contributed by atoms with Gasteiger partial charge in [-0.25, -0.2) is 4.98 Å². The Labute approximate surface area is 244 Å². The summed E-state index contributed by atoms with van der Waals surface area (Å²) >= 11 is 0. The monoisotopic (exact) mass is 562 g/mol. The van der Waals surface area contributed by atoms with E-state index in [0.717, 1.165) is 23.4 Å². The van der Waals surface area contributed by atoms with Crippen LogP contribution in [0.4, 0.5) is 0 Å². The van der Waals surface area contributed by atoms with Crippen LogP contribution in [0.25, 0.3) is 0 Å². The molecule has 0 atom stereocenters. The maximum Gasteiger partial charge on any atom is 0.166 e. The summed E-state index contributed by atoms with van der Waals surface area (Å²) in [5, 5.41) is 0. The Morgan fingerprint density at radius 2 is 1.18 bits per heavy atom. The van der Waals surface area contributed by atoms with Crippen LogP contribution >= 0.6 is 0 Å². The average molecular weight is 564 g/mol. The fraction of sp³-hybridized carbons (Fsp3) is 0.469. The van der Waals surface area contributed by atoms with Gasteiger partial charge in [0.1, 0.15) is 24.4 Å². The summed E-state index contributed by atoms with van der Waals surface area (Å²) in [4.78, 5) is 2.89. The van der Waals surface area contributed by atoms with Crippen LogP contribution in [0.1, 0.15) is 46.1 Å². The summed E-state index contributed by atoms with van der Waals surface area (Å²) in [6.07, 6.45) is 6.08. The Kier molecular flexibility index (Phi) is 18.0. The number of quaternary nitrogens is 1. The number of benzene rings is 2. The number of hydrogen-bond acceptors (Lipinski definition) is 2. The summed E-state index contributed by atoms with van der Waals surface area (Å²) in [5.74, 6) is 2.15. The third kappa shape index (κ3) is 12.2. The zero-order valence-electron chi connectivity index (χ0n) is 24.1. The molecule has 6 heteroatoms. The maximum atomic E-state index is 5.99. The van der Waals surface area contributed by atoms with Gasteiger partial charge >= 0.3 is 0 Å². The summed E-state index contributed by atoms with van der Waals surface area (Å²) in [7, 11) is 4.75. The SMILES string of the molecule is CC(C)CC(CC(C)C)(c1ccccc1)[N+](C)(C)CCOCCOc1ccccc1.[Cl-].[Cl-].c1cc[nH+]cc1. The van der Waals surface area contributed by atoms with E-state index < -0.39 is 0 Å². The van der Waals surface area contributed by atoms with Crippen molar-refractivity contribution in [3.8, 4) is 5.75 Å². The molecule has 0 amide bonds. The lowest BCUT2D eigenvalue weighted by atomic mass is 9.74. The molecule has 0 bridgehead atoms. The normalized spacial score (nSPS) is 11.2. The zero-order valence-corrected chi connectivity index (χ0v) is 25.6. The molecule has 1 N–H and O–H groups in total. The Balaban J connectivity index is 0.00000150. The number of likely N-dealkylation sites (N-methyl/N-ethyl adjacent to an activating group) is 1. The van der Waals surface area contributed by atoms with E-state index >= 15 is 0 Å². The number of nitrogens with zero attached hydrogens (tertiary/aromatic N) is 1. The highest BCUT2D eigenvalue weighted by atomic mass is 35.5. The fourth-order valence-electron chi connectivity index (χ4n) is 4.95. The summed E-state index contributed by atoms with van der Waals surface area (Å²) < 4.78 is 12.7. The molecule has 3 aromatic rings. The second-order valence-electron chi connectivity index (χ2n) is 10.9. The molecule has 0 saturated heterocycles. The van der Waals surface area contributed by atoms with Crippen molar-refractivity contribution in [3.05, 3.63) is 96.8 Å². The van der Waals surface area contributed by atoms with E-state index in [4.69, 9.17) is 9.47 Å². The average Bonchev–Trinajstić information content (AvgIpc) is 2.87. The van der Waals surface area contributed by atoms with Gasteiger partial charge in [-0.15, -0.1) is 0 Å². The van der Waals surface area contributed by atoms with Gasteiger partial charge in [-0.05, 0) is 24.0 Å². The van der Waals surface area contributed by atoms with Crippen molar-refractivity contribution in [1.82, 2.24) is 0 Å². The molecule has 0 aliphatic heterocycles.